The lowest BCUT2D eigenvalue weighted by molar-refractivity contribution is 0.113. The number of aryl methyl sites for hydroxylation is 1. The van der Waals surface area contributed by atoms with Crippen LogP contribution in [0.4, 0.5) is 0 Å². The lowest BCUT2D eigenvalue weighted by Gasteiger charge is -2.27. The molecule has 0 spiro atoms. The zero-order chi connectivity index (χ0) is 22.5. The van der Waals surface area contributed by atoms with E-state index in [1.165, 1.54) is 0 Å². The van der Waals surface area contributed by atoms with E-state index in [1.807, 2.05) is 60.4 Å². The molecular formula is C25H29N3O3S. The fourth-order valence-corrected chi connectivity index (χ4v) is 4.23. The van der Waals surface area contributed by atoms with Gasteiger partial charge in [0.1, 0.15) is 5.75 Å². The summed E-state index contributed by atoms with van der Waals surface area (Å²) in [6.07, 6.45) is 2.31. The Balaban J connectivity index is 1.57. The molecule has 1 atom stereocenters. The Labute approximate surface area is 193 Å². The molecule has 0 bridgehead atoms. The van der Waals surface area contributed by atoms with Crippen molar-refractivity contribution < 1.29 is 9.47 Å². The van der Waals surface area contributed by atoms with Gasteiger partial charge in [-0.15, -0.1) is 0 Å². The van der Waals surface area contributed by atoms with E-state index in [1.54, 1.807) is 7.11 Å². The van der Waals surface area contributed by atoms with Crippen molar-refractivity contribution in [3.63, 3.8) is 0 Å². The van der Waals surface area contributed by atoms with E-state index in [0.29, 0.717) is 30.3 Å². The van der Waals surface area contributed by atoms with Crippen LogP contribution in [-0.2, 0) is 17.8 Å². The van der Waals surface area contributed by atoms with Gasteiger partial charge in [0, 0.05) is 25.3 Å². The Morgan fingerprint density at radius 2 is 2.06 bits per heavy atom. The highest BCUT2D eigenvalue weighted by Crippen LogP contribution is 2.18. The third kappa shape index (κ3) is 5.29. The molecule has 0 radical (unpaired) electrons. The van der Waals surface area contributed by atoms with Crippen molar-refractivity contribution in [1.82, 2.24) is 15.2 Å². The number of rotatable bonds is 7. The average molecular weight is 452 g/mol. The molecule has 0 aliphatic carbocycles. The number of benzene rings is 2. The number of fused-ring (bicyclic) bond motifs is 1. The quantitative estimate of drug-likeness (QED) is 0.531. The third-order valence-corrected chi connectivity index (χ3v) is 6.25. The van der Waals surface area contributed by atoms with Gasteiger partial charge in [0.15, 0.2) is 5.11 Å². The van der Waals surface area contributed by atoms with Crippen LogP contribution in [0.25, 0.3) is 10.9 Å². The average Bonchev–Trinajstić information content (AvgIpc) is 3.32. The number of ether oxygens (including phenoxy) is 2. The zero-order valence-electron chi connectivity index (χ0n) is 18.5. The Morgan fingerprint density at radius 3 is 2.78 bits per heavy atom. The monoisotopic (exact) mass is 451 g/mol. The van der Waals surface area contributed by atoms with E-state index in [9.17, 15) is 4.79 Å². The van der Waals surface area contributed by atoms with Crippen LogP contribution in [0.15, 0.2) is 53.3 Å². The van der Waals surface area contributed by atoms with Gasteiger partial charge in [-0.3, -0.25) is 4.79 Å². The fourth-order valence-electron chi connectivity index (χ4n) is 4.02. The van der Waals surface area contributed by atoms with Gasteiger partial charge in [-0.2, -0.15) is 0 Å². The van der Waals surface area contributed by atoms with Crippen molar-refractivity contribution in [2.75, 3.05) is 20.3 Å². The summed E-state index contributed by atoms with van der Waals surface area (Å²) in [5, 5.41) is 4.98. The Hall–Kier alpha value is -2.90. The maximum atomic E-state index is 12.9. The molecule has 1 aromatic heterocycles. The van der Waals surface area contributed by atoms with Gasteiger partial charge >= 0.3 is 0 Å². The number of hydrogen-bond donors (Lipinski definition) is 2. The van der Waals surface area contributed by atoms with Gasteiger partial charge < -0.3 is 24.7 Å². The van der Waals surface area contributed by atoms with Crippen LogP contribution < -0.4 is 15.6 Å². The van der Waals surface area contributed by atoms with Crippen LogP contribution in [-0.4, -0.2) is 41.4 Å². The van der Waals surface area contributed by atoms with E-state index >= 15 is 0 Å². The number of hydrogen-bond acceptors (Lipinski definition) is 4. The number of methoxy groups -OCH3 is 1. The van der Waals surface area contributed by atoms with Crippen molar-refractivity contribution in [3.8, 4) is 5.75 Å². The lowest BCUT2D eigenvalue weighted by atomic mass is 10.1. The summed E-state index contributed by atoms with van der Waals surface area (Å²) in [4.78, 5) is 17.9. The minimum atomic E-state index is -0.0894. The van der Waals surface area contributed by atoms with Crippen LogP contribution in [0.3, 0.4) is 0 Å². The van der Waals surface area contributed by atoms with Crippen LogP contribution in [0.1, 0.15) is 29.5 Å². The van der Waals surface area contributed by atoms with E-state index < -0.39 is 0 Å². The Bertz CT molecular complexity index is 1140. The molecular weight excluding hydrogens is 422 g/mol. The van der Waals surface area contributed by atoms with Gasteiger partial charge in [0.2, 0.25) is 0 Å². The maximum Gasteiger partial charge on any atom is 0.253 e. The summed E-state index contributed by atoms with van der Waals surface area (Å²) < 4.78 is 11.0. The summed E-state index contributed by atoms with van der Waals surface area (Å²) in [6, 6.07) is 15.9. The number of aromatic nitrogens is 1. The summed E-state index contributed by atoms with van der Waals surface area (Å²) in [5.74, 6) is 0.806. The van der Waals surface area contributed by atoms with E-state index in [4.69, 9.17) is 21.7 Å². The summed E-state index contributed by atoms with van der Waals surface area (Å²) in [5.41, 5.74) is 3.60. The molecule has 7 heteroatoms. The molecule has 2 N–H and O–H groups in total. The minimum Gasteiger partial charge on any atom is -0.497 e. The number of thiocarbonyl (C=S) groups is 1. The van der Waals surface area contributed by atoms with Crippen molar-refractivity contribution in [3.05, 3.63) is 75.6 Å². The first-order chi connectivity index (χ1) is 15.5. The summed E-state index contributed by atoms with van der Waals surface area (Å²) in [7, 11) is 1.65. The molecule has 4 rings (SSSR count). The number of para-hydroxylation sites is 1. The van der Waals surface area contributed by atoms with Crippen molar-refractivity contribution in [2.45, 2.75) is 39.0 Å². The van der Waals surface area contributed by atoms with Gasteiger partial charge in [0.05, 0.1) is 25.3 Å². The van der Waals surface area contributed by atoms with E-state index in [2.05, 4.69) is 10.3 Å². The molecule has 3 aromatic rings. The first kappa shape index (κ1) is 22.3. The Kier molecular flexibility index (Phi) is 7.07. The molecule has 1 saturated heterocycles. The summed E-state index contributed by atoms with van der Waals surface area (Å²) >= 11 is 5.74. The molecule has 6 nitrogen and oxygen atoms in total. The predicted octanol–water partition coefficient (Wildman–Crippen LogP) is 3.90. The largest absolute Gasteiger partial charge is 0.497 e. The molecule has 0 saturated carbocycles. The van der Waals surface area contributed by atoms with Gasteiger partial charge in [-0.05, 0) is 66.7 Å². The first-order valence-corrected chi connectivity index (χ1v) is 11.3. The van der Waals surface area contributed by atoms with Crippen LogP contribution >= 0.6 is 12.2 Å². The first-order valence-electron chi connectivity index (χ1n) is 10.9. The maximum absolute atomic E-state index is 12.9. The standard InChI is InChI=1S/C25H29N3O3S/c1-17-5-3-6-19-13-20(24(29)27-23(17)19)16-28(15-18-8-10-21(30-2)11-9-18)25(32)26-14-22-7-4-12-31-22/h3,5-6,8-11,13,22H,4,7,12,14-16H2,1-2H3,(H,26,32)(H,27,29)/t22-/m0/s1. The van der Waals surface area contributed by atoms with Gasteiger partial charge in [-0.1, -0.05) is 30.3 Å². The van der Waals surface area contributed by atoms with Crippen LogP contribution in [0.2, 0.25) is 0 Å². The Morgan fingerprint density at radius 1 is 1.25 bits per heavy atom. The number of pyridine rings is 1. The molecule has 0 unspecified atom stereocenters. The smallest absolute Gasteiger partial charge is 0.253 e. The normalized spacial score (nSPS) is 15.6. The highest BCUT2D eigenvalue weighted by molar-refractivity contribution is 7.80. The molecule has 0 amide bonds. The SMILES string of the molecule is COc1ccc(CN(Cc2cc3cccc(C)c3[nH]c2=O)C(=S)NC[C@@H]2CCCO2)cc1. The predicted molar refractivity (Wildman–Crippen MR) is 131 cm³/mol. The van der Waals surface area contributed by atoms with Gasteiger partial charge in [0.25, 0.3) is 5.56 Å². The van der Waals surface area contributed by atoms with Crippen LogP contribution in [0, 0.1) is 6.92 Å². The fraction of sp³-hybridized carbons (Fsp3) is 0.360. The third-order valence-electron chi connectivity index (χ3n) is 5.85. The highest BCUT2D eigenvalue weighted by Gasteiger charge is 2.19. The summed E-state index contributed by atoms with van der Waals surface area (Å²) in [6.45, 7) is 4.46. The van der Waals surface area contributed by atoms with Crippen LogP contribution in [0.5, 0.6) is 5.75 Å². The second-order valence-electron chi connectivity index (χ2n) is 8.19. The molecule has 1 fully saturated rings. The van der Waals surface area contributed by atoms with E-state index in [0.717, 1.165) is 47.2 Å². The number of nitrogens with zero attached hydrogens (tertiary/aromatic N) is 1. The topological polar surface area (TPSA) is 66.6 Å². The van der Waals surface area contributed by atoms with Crippen molar-refractivity contribution >= 4 is 28.2 Å². The number of aromatic amines is 1. The highest BCUT2D eigenvalue weighted by atomic mass is 32.1. The van der Waals surface area contributed by atoms with Crippen molar-refractivity contribution in [1.29, 1.82) is 0 Å². The molecule has 2 aromatic carbocycles. The van der Waals surface area contributed by atoms with Gasteiger partial charge in [-0.25, -0.2) is 0 Å². The van der Waals surface area contributed by atoms with Crippen molar-refractivity contribution in [2.24, 2.45) is 0 Å². The molecule has 2 heterocycles. The molecule has 1 aliphatic rings. The number of H-pyrrole nitrogens is 1. The van der Waals surface area contributed by atoms with E-state index in [-0.39, 0.29) is 11.7 Å². The second kappa shape index (κ2) is 10.1. The number of nitrogens with one attached hydrogen (secondary N) is 2. The second-order valence-corrected chi connectivity index (χ2v) is 8.57. The lowest BCUT2D eigenvalue weighted by Crippen LogP contribution is -2.42. The minimum absolute atomic E-state index is 0.0894. The molecule has 168 valence electrons. The zero-order valence-corrected chi connectivity index (χ0v) is 19.3. The molecule has 32 heavy (non-hydrogen) atoms. The molecule has 1 aliphatic heterocycles.